The second-order valence-electron chi connectivity index (χ2n) is 5.92. The van der Waals surface area contributed by atoms with Crippen molar-refractivity contribution in [1.82, 2.24) is 9.47 Å². The van der Waals surface area contributed by atoms with Gasteiger partial charge in [-0.3, -0.25) is 4.79 Å². The molecule has 0 radical (unpaired) electrons. The van der Waals surface area contributed by atoms with Gasteiger partial charge >= 0.3 is 5.97 Å². The maximum Gasteiger partial charge on any atom is 0.326 e. The molecule has 0 spiro atoms. The van der Waals surface area contributed by atoms with Crippen LogP contribution in [-0.2, 0) is 11.8 Å². The second-order valence-corrected chi connectivity index (χ2v) is 5.92. The topological polar surface area (TPSA) is 62.5 Å². The summed E-state index contributed by atoms with van der Waals surface area (Å²) in [5, 5.41) is 9.45. The van der Waals surface area contributed by atoms with E-state index in [4.69, 9.17) is 0 Å². The molecule has 1 amide bonds. The Morgan fingerprint density at radius 1 is 1.30 bits per heavy atom. The lowest BCUT2D eigenvalue weighted by Gasteiger charge is -2.33. The minimum Gasteiger partial charge on any atom is -0.480 e. The molecule has 1 saturated heterocycles. The molecule has 2 heterocycles. The van der Waals surface area contributed by atoms with E-state index in [1.165, 1.54) is 0 Å². The fourth-order valence-corrected chi connectivity index (χ4v) is 3.79. The fourth-order valence-electron chi connectivity index (χ4n) is 3.79. The maximum absolute atomic E-state index is 12.7. The highest BCUT2D eigenvalue weighted by Gasteiger charge is 2.47. The van der Waals surface area contributed by atoms with E-state index in [2.05, 4.69) is 0 Å². The van der Waals surface area contributed by atoms with Crippen LogP contribution in [0.25, 0.3) is 0 Å². The van der Waals surface area contributed by atoms with Crippen molar-refractivity contribution in [2.45, 2.75) is 44.2 Å². The maximum atomic E-state index is 12.7. The van der Waals surface area contributed by atoms with E-state index in [0.717, 1.165) is 25.7 Å². The lowest BCUT2D eigenvalue weighted by Crippen LogP contribution is -2.46. The second kappa shape index (κ2) is 4.96. The van der Waals surface area contributed by atoms with Crippen molar-refractivity contribution in [3.63, 3.8) is 0 Å². The molecule has 3 atom stereocenters. The highest BCUT2D eigenvalue weighted by atomic mass is 16.4. The van der Waals surface area contributed by atoms with Crippen LogP contribution >= 0.6 is 0 Å². The van der Waals surface area contributed by atoms with Crippen LogP contribution in [0.2, 0.25) is 0 Å². The summed E-state index contributed by atoms with van der Waals surface area (Å²) in [6, 6.07) is 3.02. The number of carbonyl (C=O) groups excluding carboxylic acids is 1. The van der Waals surface area contributed by atoms with Gasteiger partial charge < -0.3 is 14.6 Å². The van der Waals surface area contributed by atoms with Gasteiger partial charge in [-0.1, -0.05) is 12.8 Å². The highest BCUT2D eigenvalue weighted by molar-refractivity contribution is 5.96. The molecular weight excluding hydrogens is 256 g/mol. The molecule has 108 valence electrons. The highest BCUT2D eigenvalue weighted by Crippen LogP contribution is 2.40. The van der Waals surface area contributed by atoms with Crippen molar-refractivity contribution >= 4 is 11.9 Å². The monoisotopic (exact) mass is 276 g/mol. The molecule has 1 saturated carbocycles. The number of aliphatic carboxylic acids is 1. The molecule has 3 unspecified atom stereocenters. The van der Waals surface area contributed by atoms with Gasteiger partial charge in [-0.25, -0.2) is 4.79 Å². The van der Waals surface area contributed by atoms with E-state index < -0.39 is 12.0 Å². The number of hydrogen-bond acceptors (Lipinski definition) is 2. The molecule has 0 bridgehead atoms. The van der Waals surface area contributed by atoms with Crippen LogP contribution in [0.15, 0.2) is 18.3 Å². The van der Waals surface area contributed by atoms with Crippen molar-refractivity contribution in [2.75, 3.05) is 0 Å². The Labute approximate surface area is 118 Å². The number of amides is 1. The lowest BCUT2D eigenvalue weighted by atomic mass is 9.84. The standard InChI is InChI=1S/C15H20N2O3/c1-16-8-4-7-12(16)14(18)17-11-6-3-2-5-10(11)9-13(17)15(19)20/h4,7-8,10-11,13H,2-3,5-6,9H2,1H3,(H,19,20). The van der Waals surface area contributed by atoms with Crippen LogP contribution in [0.4, 0.5) is 0 Å². The minimum atomic E-state index is -0.873. The number of carboxylic acids is 1. The summed E-state index contributed by atoms with van der Waals surface area (Å²) in [7, 11) is 1.82. The van der Waals surface area contributed by atoms with Gasteiger partial charge in [0.15, 0.2) is 0 Å². The Morgan fingerprint density at radius 2 is 2.05 bits per heavy atom. The van der Waals surface area contributed by atoms with E-state index in [1.807, 2.05) is 19.3 Å². The Morgan fingerprint density at radius 3 is 2.70 bits per heavy atom. The van der Waals surface area contributed by atoms with Crippen molar-refractivity contribution < 1.29 is 14.7 Å². The summed E-state index contributed by atoms with van der Waals surface area (Å²) in [6.45, 7) is 0. The predicted molar refractivity (Wildman–Crippen MR) is 73.4 cm³/mol. The number of likely N-dealkylation sites (tertiary alicyclic amines) is 1. The average Bonchev–Trinajstić information content (AvgIpc) is 3.01. The molecule has 2 aliphatic rings. The first-order chi connectivity index (χ1) is 9.59. The molecule has 3 rings (SSSR count). The van der Waals surface area contributed by atoms with Gasteiger partial charge in [-0.2, -0.15) is 0 Å². The normalized spacial score (nSPS) is 29.2. The van der Waals surface area contributed by atoms with Crippen molar-refractivity contribution in [3.8, 4) is 0 Å². The SMILES string of the molecule is Cn1cccc1C(=O)N1C(C(=O)O)CC2CCCCC21. The molecule has 1 aliphatic carbocycles. The molecule has 1 aromatic rings. The number of nitrogens with zero attached hydrogens (tertiary/aromatic N) is 2. The quantitative estimate of drug-likeness (QED) is 0.897. The van der Waals surface area contributed by atoms with Crippen molar-refractivity contribution in [1.29, 1.82) is 0 Å². The Balaban J connectivity index is 1.93. The van der Waals surface area contributed by atoms with Gasteiger partial charge in [-0.15, -0.1) is 0 Å². The Hall–Kier alpha value is -1.78. The van der Waals surface area contributed by atoms with Gasteiger partial charge in [-0.05, 0) is 37.3 Å². The summed E-state index contributed by atoms with van der Waals surface area (Å²) >= 11 is 0. The first kappa shape index (κ1) is 13.2. The van der Waals surface area contributed by atoms with E-state index in [9.17, 15) is 14.7 Å². The third-order valence-electron chi connectivity index (χ3n) is 4.77. The molecule has 1 aliphatic heterocycles. The fraction of sp³-hybridized carbons (Fsp3) is 0.600. The van der Waals surface area contributed by atoms with E-state index in [0.29, 0.717) is 18.0 Å². The van der Waals surface area contributed by atoms with Gasteiger partial charge in [0.25, 0.3) is 5.91 Å². The summed E-state index contributed by atoms with van der Waals surface area (Å²) in [5.41, 5.74) is 0.572. The first-order valence-corrected chi connectivity index (χ1v) is 7.26. The van der Waals surface area contributed by atoms with Gasteiger partial charge in [0, 0.05) is 19.3 Å². The van der Waals surface area contributed by atoms with Crippen LogP contribution in [0.3, 0.4) is 0 Å². The third kappa shape index (κ3) is 2.01. The van der Waals surface area contributed by atoms with Crippen molar-refractivity contribution in [2.24, 2.45) is 13.0 Å². The van der Waals surface area contributed by atoms with E-state index in [1.54, 1.807) is 15.5 Å². The number of carboxylic acid groups (broad SMARTS) is 1. The molecular formula is C15H20N2O3. The molecule has 0 aromatic carbocycles. The largest absolute Gasteiger partial charge is 0.480 e. The van der Waals surface area contributed by atoms with E-state index >= 15 is 0 Å². The number of aromatic nitrogens is 1. The van der Waals surface area contributed by atoms with Crippen LogP contribution in [0.1, 0.15) is 42.6 Å². The minimum absolute atomic E-state index is 0.104. The molecule has 20 heavy (non-hydrogen) atoms. The van der Waals surface area contributed by atoms with Crippen molar-refractivity contribution in [3.05, 3.63) is 24.0 Å². The molecule has 2 fully saturated rings. The van der Waals surface area contributed by atoms with Gasteiger partial charge in [0.1, 0.15) is 11.7 Å². The number of fused-ring (bicyclic) bond motifs is 1. The average molecular weight is 276 g/mol. The first-order valence-electron chi connectivity index (χ1n) is 7.26. The summed E-state index contributed by atoms with van der Waals surface area (Å²) in [4.78, 5) is 25.9. The lowest BCUT2D eigenvalue weighted by molar-refractivity contribution is -0.141. The number of carbonyl (C=O) groups is 2. The van der Waals surface area contributed by atoms with Gasteiger partial charge in [0.05, 0.1) is 0 Å². The molecule has 1 N–H and O–H groups in total. The number of rotatable bonds is 2. The van der Waals surface area contributed by atoms with E-state index in [-0.39, 0.29) is 11.9 Å². The molecule has 5 heteroatoms. The third-order valence-corrected chi connectivity index (χ3v) is 4.77. The summed E-state index contributed by atoms with van der Waals surface area (Å²) in [5.74, 6) is -0.657. The van der Waals surface area contributed by atoms with Crippen LogP contribution < -0.4 is 0 Å². The van der Waals surface area contributed by atoms with Crippen LogP contribution in [-0.4, -0.2) is 38.5 Å². The van der Waals surface area contributed by atoms with Gasteiger partial charge in [0.2, 0.25) is 0 Å². The predicted octanol–water partition coefficient (Wildman–Crippen LogP) is 1.88. The molecule has 1 aromatic heterocycles. The zero-order valence-electron chi connectivity index (χ0n) is 11.7. The number of aryl methyl sites for hydroxylation is 1. The molecule has 5 nitrogen and oxygen atoms in total. The zero-order chi connectivity index (χ0) is 14.3. The summed E-state index contributed by atoms with van der Waals surface area (Å²) in [6.07, 6.45) is 6.65. The Bertz CT molecular complexity index is 537. The zero-order valence-corrected chi connectivity index (χ0v) is 11.7. The smallest absolute Gasteiger partial charge is 0.326 e. The summed E-state index contributed by atoms with van der Waals surface area (Å²) < 4.78 is 1.76. The number of hydrogen-bond donors (Lipinski definition) is 1. The van der Waals surface area contributed by atoms with Crippen LogP contribution in [0.5, 0.6) is 0 Å². The van der Waals surface area contributed by atoms with Crippen LogP contribution in [0, 0.1) is 5.92 Å². The Kier molecular flexibility index (Phi) is 3.28.